The van der Waals surface area contributed by atoms with Crippen LogP contribution in [-0.4, -0.2) is 30.6 Å². The number of nitrogens with zero attached hydrogens (tertiary/aromatic N) is 1. The number of alkyl halides is 2. The minimum Gasteiger partial charge on any atom is -0.387 e. The van der Waals surface area contributed by atoms with Crippen LogP contribution in [0.25, 0.3) is 5.57 Å². The van der Waals surface area contributed by atoms with E-state index in [-0.39, 0.29) is 33.7 Å². The third-order valence-electron chi connectivity index (χ3n) is 13.4. The van der Waals surface area contributed by atoms with Crippen molar-refractivity contribution < 1.29 is 13.2 Å². The van der Waals surface area contributed by atoms with Crippen LogP contribution < -0.4 is 5.32 Å². The molecule has 2 atom stereocenters. The maximum atomic E-state index is 16.8. The Morgan fingerprint density at radius 1 is 1.07 bits per heavy atom. The number of rotatable bonds is 18. The fraction of sp³-hybridized carbons (Fsp3) is 0.577. The van der Waals surface area contributed by atoms with E-state index in [1.807, 2.05) is 26.8 Å². The zero-order chi connectivity index (χ0) is 43.3. The zero-order valence-corrected chi connectivity index (χ0v) is 38.0. The van der Waals surface area contributed by atoms with E-state index in [2.05, 4.69) is 104 Å². The average molecular weight is 785 g/mol. The molecule has 1 saturated carbocycles. The summed E-state index contributed by atoms with van der Waals surface area (Å²) in [6.45, 7) is 39.1. The quantitative estimate of drug-likeness (QED) is 0.118. The van der Waals surface area contributed by atoms with Crippen molar-refractivity contribution in [3.8, 4) is 12.3 Å². The molecule has 0 heterocycles. The van der Waals surface area contributed by atoms with Crippen LogP contribution in [0.3, 0.4) is 0 Å². The summed E-state index contributed by atoms with van der Waals surface area (Å²) in [5.74, 6) is 0.185. The molecule has 1 fully saturated rings. The normalized spacial score (nSPS) is 20.2. The molecule has 2 aliphatic carbocycles. The highest BCUT2D eigenvalue weighted by atomic mass is 19.3. The predicted octanol–water partition coefficient (Wildman–Crippen LogP) is 14.8. The van der Waals surface area contributed by atoms with E-state index in [1.54, 1.807) is 12.1 Å². The number of terminal acetylenes is 1. The fourth-order valence-electron chi connectivity index (χ4n) is 8.81. The van der Waals surface area contributed by atoms with Gasteiger partial charge >= 0.3 is 0 Å². The van der Waals surface area contributed by atoms with Gasteiger partial charge in [-0.25, -0.2) is 13.2 Å². The highest BCUT2D eigenvalue weighted by molar-refractivity contribution is 5.75. The summed E-state index contributed by atoms with van der Waals surface area (Å²) in [4.78, 5) is 2.41. The molecule has 0 aliphatic heterocycles. The third kappa shape index (κ3) is 11.4. The monoisotopic (exact) mass is 785 g/mol. The van der Waals surface area contributed by atoms with Crippen LogP contribution in [0.1, 0.15) is 151 Å². The van der Waals surface area contributed by atoms with Crippen LogP contribution in [0, 0.1) is 41.4 Å². The van der Waals surface area contributed by atoms with Crippen molar-refractivity contribution in [2.24, 2.45) is 22.2 Å². The summed E-state index contributed by atoms with van der Waals surface area (Å²) in [6, 6.07) is 4.75. The summed E-state index contributed by atoms with van der Waals surface area (Å²) in [6.07, 6.45) is 18.9. The summed E-state index contributed by atoms with van der Waals surface area (Å²) < 4.78 is 45.3. The van der Waals surface area contributed by atoms with Crippen LogP contribution in [0.4, 0.5) is 13.2 Å². The van der Waals surface area contributed by atoms with Gasteiger partial charge in [-0.2, -0.15) is 0 Å². The Hall–Kier alpha value is -3.49. The Kier molecular flexibility index (Phi) is 15.6. The molecule has 0 saturated heterocycles. The molecular weight excluding hydrogens is 710 g/mol. The highest BCUT2D eigenvalue weighted by Crippen LogP contribution is 2.57. The topological polar surface area (TPSA) is 15.3 Å². The molecule has 2 unspecified atom stereocenters. The minimum atomic E-state index is -2.95. The first kappa shape index (κ1) is 47.9. The maximum Gasteiger partial charge on any atom is 0.270 e. The molecule has 2 aliphatic rings. The van der Waals surface area contributed by atoms with Gasteiger partial charge in [-0.15, -0.1) is 6.42 Å². The van der Waals surface area contributed by atoms with Crippen LogP contribution in [0.15, 0.2) is 95.1 Å². The van der Waals surface area contributed by atoms with Crippen LogP contribution in [0.2, 0.25) is 0 Å². The molecule has 0 bridgehead atoms. The first-order valence-corrected chi connectivity index (χ1v) is 21.2. The molecule has 314 valence electrons. The number of hydrogen-bond donors (Lipinski definition) is 1. The van der Waals surface area contributed by atoms with Gasteiger partial charge in [0.05, 0.1) is 0 Å². The number of aryl methyl sites for hydroxylation is 1. The number of benzene rings is 1. The lowest BCUT2D eigenvalue weighted by Crippen LogP contribution is -2.40. The fourth-order valence-corrected chi connectivity index (χ4v) is 8.81. The molecule has 0 amide bonds. The SMILES string of the molecule is C#C/C(=C(/C(=C)C)C(=C)C(C)CN/C(=C\C(=C)c1cc(C(C)(F)F)ccc1C)C(C)(C)C)C1(CC2(C)CC=C(CCCN(C)C(C)(C)CC)C(C)=C2F)CCCC1. The van der Waals surface area contributed by atoms with Gasteiger partial charge in [-0.1, -0.05) is 98.3 Å². The standard InChI is InChI=1S/C52H75F3N2/c1-18-44(52(27-20-21-28-52)34-50(15)29-26-41(40(9)47(50)53)23-22-30-57(17)49(13,14)19-2)46(35(3)4)39(8)38(7)33-56-45(48(10,11)12)31-37(6)43-32-42(51(16,54)55)25-24-36(43)5/h1,24-26,31-32,38,56H,3,6,8,19-23,27-30,33-34H2,2,4-5,7,9-17H3/b45-31-,46-44+. The minimum absolute atomic E-state index is 0.00608. The molecule has 5 heteroatoms. The van der Waals surface area contributed by atoms with Gasteiger partial charge in [0.2, 0.25) is 0 Å². The summed E-state index contributed by atoms with van der Waals surface area (Å²) >= 11 is 0. The summed E-state index contributed by atoms with van der Waals surface area (Å²) in [5, 5.41) is 3.67. The van der Waals surface area contributed by atoms with E-state index in [1.165, 1.54) is 6.07 Å². The first-order chi connectivity index (χ1) is 26.2. The van der Waals surface area contributed by atoms with Crippen molar-refractivity contribution in [2.45, 2.75) is 152 Å². The predicted molar refractivity (Wildman–Crippen MR) is 241 cm³/mol. The van der Waals surface area contributed by atoms with Gasteiger partial charge in [0.25, 0.3) is 5.92 Å². The highest BCUT2D eigenvalue weighted by Gasteiger charge is 2.47. The van der Waals surface area contributed by atoms with Crippen LogP contribution in [0.5, 0.6) is 0 Å². The molecule has 0 aromatic heterocycles. The summed E-state index contributed by atoms with van der Waals surface area (Å²) in [7, 11) is 2.18. The molecule has 3 rings (SSSR count). The Morgan fingerprint density at radius 2 is 1.68 bits per heavy atom. The van der Waals surface area contributed by atoms with E-state index in [0.717, 1.165) is 103 Å². The van der Waals surface area contributed by atoms with Gasteiger partial charge in [0.15, 0.2) is 0 Å². The Morgan fingerprint density at radius 3 is 2.21 bits per heavy atom. The number of hydrogen-bond acceptors (Lipinski definition) is 2. The van der Waals surface area contributed by atoms with Crippen molar-refractivity contribution in [1.29, 1.82) is 0 Å². The van der Waals surface area contributed by atoms with Gasteiger partial charge in [0, 0.05) is 52.1 Å². The van der Waals surface area contributed by atoms with Crippen molar-refractivity contribution in [3.63, 3.8) is 0 Å². The number of nitrogens with one attached hydrogen (secondary N) is 1. The molecule has 1 aromatic carbocycles. The second kappa shape index (κ2) is 18.6. The second-order valence-corrected chi connectivity index (χ2v) is 19.5. The molecule has 1 N–H and O–H groups in total. The third-order valence-corrected chi connectivity index (χ3v) is 13.4. The summed E-state index contributed by atoms with van der Waals surface area (Å²) in [5.41, 5.74) is 7.56. The molecular formula is C52H75F3N2. The Bertz CT molecular complexity index is 1840. The molecule has 0 spiro atoms. The van der Waals surface area contributed by atoms with E-state index >= 15 is 4.39 Å². The molecule has 2 nitrogen and oxygen atoms in total. The molecule has 0 radical (unpaired) electrons. The van der Waals surface area contributed by atoms with Crippen LogP contribution in [-0.2, 0) is 5.92 Å². The first-order valence-electron chi connectivity index (χ1n) is 21.2. The smallest absolute Gasteiger partial charge is 0.270 e. The number of allylic oxidation sites excluding steroid dienone is 10. The van der Waals surface area contributed by atoms with Gasteiger partial charge in [-0.3, -0.25) is 0 Å². The largest absolute Gasteiger partial charge is 0.387 e. The molecule has 57 heavy (non-hydrogen) atoms. The van der Waals surface area contributed by atoms with E-state index < -0.39 is 11.3 Å². The lowest BCUT2D eigenvalue weighted by molar-refractivity contribution is 0.0174. The van der Waals surface area contributed by atoms with Crippen molar-refractivity contribution >= 4 is 5.57 Å². The second-order valence-electron chi connectivity index (χ2n) is 19.5. The van der Waals surface area contributed by atoms with E-state index in [9.17, 15) is 8.78 Å². The van der Waals surface area contributed by atoms with Gasteiger partial charge < -0.3 is 10.2 Å². The van der Waals surface area contributed by atoms with Gasteiger partial charge in [0.1, 0.15) is 5.83 Å². The van der Waals surface area contributed by atoms with Crippen molar-refractivity contribution in [1.82, 2.24) is 10.2 Å². The zero-order valence-electron chi connectivity index (χ0n) is 38.0. The van der Waals surface area contributed by atoms with Crippen molar-refractivity contribution in [3.05, 3.63) is 112 Å². The van der Waals surface area contributed by atoms with Crippen molar-refractivity contribution in [2.75, 3.05) is 20.1 Å². The lowest BCUT2D eigenvalue weighted by Gasteiger charge is -2.42. The average Bonchev–Trinajstić information content (AvgIpc) is 3.59. The maximum absolute atomic E-state index is 16.8. The Balaban J connectivity index is 1.91. The van der Waals surface area contributed by atoms with E-state index in [0.29, 0.717) is 30.5 Å². The molecule has 1 aromatic rings. The Labute approximate surface area is 346 Å². The number of halogens is 3. The lowest BCUT2D eigenvalue weighted by atomic mass is 9.62. The van der Waals surface area contributed by atoms with Gasteiger partial charge in [-0.05, 0) is 156 Å². The van der Waals surface area contributed by atoms with E-state index in [4.69, 9.17) is 6.42 Å². The van der Waals surface area contributed by atoms with Crippen LogP contribution >= 0.6 is 0 Å².